The zero-order chi connectivity index (χ0) is 15.8. The average molecular weight is 306 g/mol. The van der Waals surface area contributed by atoms with Crippen molar-refractivity contribution in [2.75, 3.05) is 6.54 Å². The number of carbonyl (C=O) groups is 1. The van der Waals surface area contributed by atoms with Crippen molar-refractivity contribution >= 4 is 11.6 Å². The Labute approximate surface area is 134 Å². The number of nitrogens with zero attached hydrogens (tertiary/aromatic N) is 4. The molecule has 3 aromatic rings. The van der Waals surface area contributed by atoms with Crippen LogP contribution in [0.15, 0.2) is 48.9 Å². The van der Waals surface area contributed by atoms with Crippen LogP contribution in [0.4, 0.5) is 0 Å². The first-order valence-electron chi connectivity index (χ1n) is 7.90. The summed E-state index contributed by atoms with van der Waals surface area (Å²) in [5.41, 5.74) is 3.62. The number of benzene rings is 1. The van der Waals surface area contributed by atoms with E-state index < -0.39 is 0 Å². The molecule has 1 fully saturated rings. The Morgan fingerprint density at radius 1 is 1.30 bits per heavy atom. The molecule has 2 aromatic heterocycles. The second kappa shape index (κ2) is 5.50. The van der Waals surface area contributed by atoms with Crippen molar-refractivity contribution < 1.29 is 4.79 Å². The zero-order valence-corrected chi connectivity index (χ0v) is 13.0. The van der Waals surface area contributed by atoms with E-state index in [-0.39, 0.29) is 11.9 Å². The average Bonchev–Trinajstić information content (AvgIpc) is 3.21. The van der Waals surface area contributed by atoms with Crippen molar-refractivity contribution in [3.63, 3.8) is 0 Å². The summed E-state index contributed by atoms with van der Waals surface area (Å²) in [5, 5.41) is 4.23. The first kappa shape index (κ1) is 13.9. The summed E-state index contributed by atoms with van der Waals surface area (Å²) >= 11 is 0. The number of rotatable bonds is 2. The molecule has 5 nitrogen and oxygen atoms in total. The molecule has 1 saturated heterocycles. The third-order valence-corrected chi connectivity index (χ3v) is 4.45. The number of amides is 1. The lowest BCUT2D eigenvalue weighted by Crippen LogP contribution is -2.30. The van der Waals surface area contributed by atoms with E-state index in [1.54, 1.807) is 29.2 Å². The quantitative estimate of drug-likeness (QED) is 0.731. The van der Waals surface area contributed by atoms with Gasteiger partial charge in [0.25, 0.3) is 5.91 Å². The van der Waals surface area contributed by atoms with Gasteiger partial charge in [-0.05, 0) is 31.4 Å². The van der Waals surface area contributed by atoms with Crippen molar-refractivity contribution in [1.29, 1.82) is 0 Å². The number of hydrogen-bond donors (Lipinski definition) is 0. The van der Waals surface area contributed by atoms with Gasteiger partial charge in [-0.25, -0.2) is 9.50 Å². The Bertz CT molecular complexity index is 870. The Morgan fingerprint density at radius 3 is 3.09 bits per heavy atom. The fraction of sp³-hybridized carbons (Fsp3) is 0.278. The normalized spacial score (nSPS) is 17.8. The minimum absolute atomic E-state index is 0.0164. The minimum Gasteiger partial charge on any atom is -0.331 e. The van der Waals surface area contributed by atoms with E-state index in [1.165, 1.54) is 11.1 Å². The largest absolute Gasteiger partial charge is 0.331 e. The van der Waals surface area contributed by atoms with Crippen LogP contribution in [0.2, 0.25) is 0 Å². The fourth-order valence-corrected chi connectivity index (χ4v) is 3.37. The monoisotopic (exact) mass is 306 g/mol. The summed E-state index contributed by atoms with van der Waals surface area (Å²) in [7, 11) is 0. The van der Waals surface area contributed by atoms with Crippen LogP contribution in [0.3, 0.4) is 0 Å². The molecule has 0 N–H and O–H groups in total. The Kier molecular flexibility index (Phi) is 3.33. The van der Waals surface area contributed by atoms with E-state index in [9.17, 15) is 4.79 Å². The molecule has 5 heteroatoms. The van der Waals surface area contributed by atoms with Gasteiger partial charge in [-0.15, -0.1) is 0 Å². The third-order valence-electron chi connectivity index (χ3n) is 4.45. The maximum absolute atomic E-state index is 13.0. The van der Waals surface area contributed by atoms with E-state index in [4.69, 9.17) is 0 Å². The van der Waals surface area contributed by atoms with E-state index in [2.05, 4.69) is 41.3 Å². The molecule has 0 radical (unpaired) electrons. The Hall–Kier alpha value is -2.69. The SMILES string of the molecule is Cc1cccc(C2CCCN2C(=O)c2cnn3cccnc23)c1. The second-order valence-corrected chi connectivity index (χ2v) is 6.02. The number of carbonyl (C=O) groups excluding carboxylic acids is 1. The predicted octanol–water partition coefficient (Wildman–Crippen LogP) is 3.02. The molecule has 23 heavy (non-hydrogen) atoms. The minimum atomic E-state index is 0.0164. The number of aryl methyl sites for hydroxylation is 1. The van der Waals surface area contributed by atoms with Gasteiger partial charge >= 0.3 is 0 Å². The van der Waals surface area contributed by atoms with Crippen molar-refractivity contribution in [3.8, 4) is 0 Å². The highest BCUT2D eigenvalue weighted by atomic mass is 16.2. The summed E-state index contributed by atoms with van der Waals surface area (Å²) in [6, 6.07) is 10.4. The number of hydrogen-bond acceptors (Lipinski definition) is 3. The topological polar surface area (TPSA) is 50.5 Å². The summed E-state index contributed by atoms with van der Waals surface area (Å²) in [5.74, 6) is 0.0164. The van der Waals surface area contributed by atoms with Gasteiger partial charge < -0.3 is 4.90 Å². The smallest absolute Gasteiger partial charge is 0.259 e. The van der Waals surface area contributed by atoms with Crippen LogP contribution in [0.5, 0.6) is 0 Å². The molecule has 4 rings (SSSR count). The van der Waals surface area contributed by atoms with Crippen LogP contribution in [0.25, 0.3) is 5.65 Å². The van der Waals surface area contributed by atoms with Crippen LogP contribution in [0.1, 0.15) is 40.4 Å². The standard InChI is InChI=1S/C18H18N4O/c1-13-5-2-6-14(11-13)16-7-3-9-21(16)18(23)15-12-20-22-10-4-8-19-17(15)22/h2,4-6,8,10-12,16H,3,7,9H2,1H3. The molecule has 3 heterocycles. The van der Waals surface area contributed by atoms with Crippen LogP contribution in [-0.2, 0) is 0 Å². The lowest BCUT2D eigenvalue weighted by Gasteiger charge is -2.25. The first-order valence-corrected chi connectivity index (χ1v) is 7.90. The van der Waals surface area contributed by atoms with Gasteiger partial charge in [0.2, 0.25) is 0 Å². The van der Waals surface area contributed by atoms with Gasteiger partial charge in [0.05, 0.1) is 12.2 Å². The van der Waals surface area contributed by atoms with Crippen LogP contribution >= 0.6 is 0 Å². The molecule has 116 valence electrons. The third kappa shape index (κ3) is 2.38. The molecular formula is C18H18N4O. The van der Waals surface area contributed by atoms with Crippen LogP contribution in [-0.4, -0.2) is 31.9 Å². The Morgan fingerprint density at radius 2 is 2.22 bits per heavy atom. The number of aromatic nitrogens is 3. The number of likely N-dealkylation sites (tertiary alicyclic amines) is 1. The van der Waals surface area contributed by atoms with Gasteiger partial charge in [0.1, 0.15) is 5.56 Å². The molecule has 1 atom stereocenters. The summed E-state index contributed by atoms with van der Waals surface area (Å²) in [6.07, 6.45) is 7.14. The van der Waals surface area contributed by atoms with Gasteiger partial charge in [0, 0.05) is 18.9 Å². The first-order chi connectivity index (χ1) is 11.2. The van der Waals surface area contributed by atoms with E-state index in [0.717, 1.165) is 19.4 Å². The highest BCUT2D eigenvalue weighted by molar-refractivity contribution is 6.00. The zero-order valence-electron chi connectivity index (χ0n) is 13.0. The van der Waals surface area contributed by atoms with E-state index in [0.29, 0.717) is 11.2 Å². The lowest BCUT2D eigenvalue weighted by atomic mass is 10.0. The van der Waals surface area contributed by atoms with Crippen molar-refractivity contribution in [2.45, 2.75) is 25.8 Å². The molecule has 1 unspecified atom stereocenters. The highest BCUT2D eigenvalue weighted by Crippen LogP contribution is 2.33. The van der Waals surface area contributed by atoms with Gasteiger partial charge in [0.15, 0.2) is 5.65 Å². The summed E-state index contributed by atoms with van der Waals surface area (Å²) < 4.78 is 1.64. The molecule has 1 aliphatic heterocycles. The maximum atomic E-state index is 13.0. The molecule has 1 amide bonds. The molecule has 0 aliphatic carbocycles. The van der Waals surface area contributed by atoms with Crippen molar-refractivity contribution in [3.05, 3.63) is 65.6 Å². The van der Waals surface area contributed by atoms with Gasteiger partial charge in [-0.1, -0.05) is 29.8 Å². The van der Waals surface area contributed by atoms with Crippen molar-refractivity contribution in [2.24, 2.45) is 0 Å². The van der Waals surface area contributed by atoms with Gasteiger partial charge in [-0.2, -0.15) is 5.10 Å². The van der Waals surface area contributed by atoms with Crippen LogP contribution < -0.4 is 0 Å². The molecule has 0 bridgehead atoms. The molecule has 1 aromatic carbocycles. The Balaban J connectivity index is 1.70. The molecule has 1 aliphatic rings. The summed E-state index contributed by atoms with van der Waals surface area (Å²) in [4.78, 5) is 19.3. The van der Waals surface area contributed by atoms with Crippen LogP contribution in [0, 0.1) is 6.92 Å². The lowest BCUT2D eigenvalue weighted by molar-refractivity contribution is 0.0737. The fourth-order valence-electron chi connectivity index (χ4n) is 3.37. The summed E-state index contributed by atoms with van der Waals surface area (Å²) in [6.45, 7) is 2.86. The highest BCUT2D eigenvalue weighted by Gasteiger charge is 2.32. The molecule has 0 spiro atoms. The van der Waals surface area contributed by atoms with E-state index in [1.807, 2.05) is 4.90 Å². The maximum Gasteiger partial charge on any atom is 0.259 e. The molecule has 0 saturated carbocycles. The molecular weight excluding hydrogens is 288 g/mol. The predicted molar refractivity (Wildman–Crippen MR) is 87.2 cm³/mol. The second-order valence-electron chi connectivity index (χ2n) is 6.02. The van der Waals surface area contributed by atoms with E-state index >= 15 is 0 Å². The van der Waals surface area contributed by atoms with Crippen molar-refractivity contribution in [1.82, 2.24) is 19.5 Å². The van der Waals surface area contributed by atoms with Gasteiger partial charge in [-0.3, -0.25) is 4.79 Å². The number of fused-ring (bicyclic) bond motifs is 1.